The molecule has 0 unspecified atom stereocenters. The molecule has 9 aromatic carbocycles. The fourth-order valence-corrected chi connectivity index (χ4v) is 9.11. The Bertz CT molecular complexity index is 3190. The minimum atomic E-state index is -0.112. The first-order valence-corrected chi connectivity index (χ1v) is 19.7. The van der Waals surface area contributed by atoms with E-state index in [4.69, 9.17) is 9.97 Å². The molecule has 0 N–H and O–H groups in total. The van der Waals surface area contributed by atoms with Crippen molar-refractivity contribution in [3.8, 4) is 67.3 Å². The third-order valence-electron chi connectivity index (χ3n) is 12.1. The molecule has 2 heteroatoms. The summed E-state index contributed by atoms with van der Waals surface area (Å²) in [7, 11) is 0. The lowest BCUT2D eigenvalue weighted by Crippen LogP contribution is -2.14. The van der Waals surface area contributed by atoms with Gasteiger partial charge in [0.2, 0.25) is 0 Å². The van der Waals surface area contributed by atoms with E-state index in [1.807, 2.05) is 18.2 Å². The summed E-state index contributed by atoms with van der Waals surface area (Å²) in [6, 6.07) is 70.2. The highest BCUT2D eigenvalue weighted by Gasteiger charge is 2.37. The lowest BCUT2D eigenvalue weighted by Gasteiger charge is -2.22. The van der Waals surface area contributed by atoms with Gasteiger partial charge in [-0.3, -0.25) is 0 Å². The van der Waals surface area contributed by atoms with Gasteiger partial charge in [0.1, 0.15) is 0 Å². The van der Waals surface area contributed by atoms with Crippen LogP contribution in [0.3, 0.4) is 0 Å². The predicted molar refractivity (Wildman–Crippen MR) is 239 cm³/mol. The van der Waals surface area contributed by atoms with Crippen LogP contribution in [0.1, 0.15) is 25.0 Å². The third-order valence-corrected chi connectivity index (χ3v) is 12.1. The molecule has 10 aromatic rings. The Morgan fingerprint density at radius 2 is 0.930 bits per heavy atom. The summed E-state index contributed by atoms with van der Waals surface area (Å²) in [5.41, 5.74) is 15.1. The fraction of sp³-hybridized carbons (Fsp3) is 0.0545. The molecule has 0 bridgehead atoms. The van der Waals surface area contributed by atoms with Gasteiger partial charge in [-0.2, -0.15) is 0 Å². The number of hydrogen-bond acceptors (Lipinski definition) is 2. The van der Waals surface area contributed by atoms with Gasteiger partial charge in [-0.15, -0.1) is 0 Å². The number of nitrogens with zero attached hydrogens (tertiary/aromatic N) is 2. The average molecular weight is 727 g/mol. The zero-order valence-electron chi connectivity index (χ0n) is 31.9. The average Bonchev–Trinajstić information content (AvgIpc) is 3.50. The van der Waals surface area contributed by atoms with Crippen molar-refractivity contribution in [2.75, 3.05) is 0 Å². The Balaban J connectivity index is 1.06. The largest absolute Gasteiger partial charge is 0.228 e. The standard InChI is InChI=1S/C55H38N2/c1-55(2)49-22-12-21-47(53(49)48-32-40-17-8-9-18-41(40)33-50(48)55)45-29-30-46(44-20-11-10-19-43(44)45)52-34-51(56-54(57-52)38-14-4-3-5-15-38)37-26-23-36(24-27-37)42-28-25-35-13-6-7-16-39(35)31-42/h3-34H,1-2H3. The topological polar surface area (TPSA) is 25.8 Å². The highest BCUT2D eigenvalue weighted by molar-refractivity contribution is 6.08. The Hall–Kier alpha value is -7.16. The second-order valence-electron chi connectivity index (χ2n) is 15.8. The van der Waals surface area contributed by atoms with E-state index in [1.54, 1.807) is 0 Å². The van der Waals surface area contributed by atoms with Crippen LogP contribution in [0.15, 0.2) is 194 Å². The van der Waals surface area contributed by atoms with Crippen molar-refractivity contribution in [1.29, 1.82) is 0 Å². The van der Waals surface area contributed by atoms with E-state index in [9.17, 15) is 0 Å². The Morgan fingerprint density at radius 3 is 1.70 bits per heavy atom. The predicted octanol–water partition coefficient (Wildman–Crippen LogP) is 14.6. The zero-order valence-corrected chi connectivity index (χ0v) is 31.9. The van der Waals surface area contributed by atoms with Crippen LogP contribution >= 0.6 is 0 Å². The second kappa shape index (κ2) is 13.0. The van der Waals surface area contributed by atoms with Crippen LogP contribution in [0, 0.1) is 0 Å². The third kappa shape index (κ3) is 5.48. The SMILES string of the molecule is CC1(C)c2cc3ccccc3cc2-c2c(-c3ccc(-c4cc(-c5ccc(-c6ccc7ccccc7c6)cc5)nc(-c5ccccc5)n4)c4ccccc34)cccc21. The van der Waals surface area contributed by atoms with Crippen LogP contribution in [0.2, 0.25) is 0 Å². The quantitative estimate of drug-likeness (QED) is 0.176. The highest BCUT2D eigenvalue weighted by Crippen LogP contribution is 2.54. The number of aromatic nitrogens is 2. The molecule has 0 saturated heterocycles. The van der Waals surface area contributed by atoms with Crippen molar-refractivity contribution in [3.05, 3.63) is 205 Å². The maximum atomic E-state index is 5.27. The summed E-state index contributed by atoms with van der Waals surface area (Å²) in [4.78, 5) is 10.4. The maximum Gasteiger partial charge on any atom is 0.160 e. The summed E-state index contributed by atoms with van der Waals surface area (Å²) in [5, 5.41) is 7.41. The van der Waals surface area contributed by atoms with Crippen molar-refractivity contribution in [3.63, 3.8) is 0 Å². The minimum absolute atomic E-state index is 0.112. The van der Waals surface area contributed by atoms with Crippen molar-refractivity contribution in [2.45, 2.75) is 19.3 Å². The minimum Gasteiger partial charge on any atom is -0.228 e. The summed E-state index contributed by atoms with van der Waals surface area (Å²) < 4.78 is 0. The smallest absolute Gasteiger partial charge is 0.160 e. The van der Waals surface area contributed by atoms with Crippen molar-refractivity contribution >= 4 is 32.3 Å². The molecule has 1 heterocycles. The van der Waals surface area contributed by atoms with Crippen molar-refractivity contribution < 1.29 is 0 Å². The fourth-order valence-electron chi connectivity index (χ4n) is 9.11. The van der Waals surface area contributed by atoms with Crippen LogP contribution < -0.4 is 0 Å². The van der Waals surface area contributed by atoms with Gasteiger partial charge in [0, 0.05) is 22.1 Å². The normalized spacial score (nSPS) is 12.9. The maximum absolute atomic E-state index is 5.27. The van der Waals surface area contributed by atoms with E-state index >= 15 is 0 Å². The molecule has 1 aromatic heterocycles. The first kappa shape index (κ1) is 33.2. The molecule has 268 valence electrons. The molecule has 2 nitrogen and oxygen atoms in total. The van der Waals surface area contributed by atoms with E-state index in [0.29, 0.717) is 5.82 Å². The molecular formula is C55H38N2. The van der Waals surface area contributed by atoms with Gasteiger partial charge in [0.15, 0.2) is 5.82 Å². The Morgan fingerprint density at radius 1 is 0.333 bits per heavy atom. The molecule has 0 aliphatic heterocycles. The van der Waals surface area contributed by atoms with Gasteiger partial charge in [-0.1, -0.05) is 184 Å². The molecule has 0 spiro atoms. The van der Waals surface area contributed by atoms with Gasteiger partial charge >= 0.3 is 0 Å². The first-order chi connectivity index (χ1) is 28.0. The monoisotopic (exact) mass is 726 g/mol. The Kier molecular flexibility index (Phi) is 7.55. The highest BCUT2D eigenvalue weighted by atomic mass is 14.9. The number of fused-ring (bicyclic) bond motifs is 6. The summed E-state index contributed by atoms with van der Waals surface area (Å²) in [6.07, 6.45) is 0. The van der Waals surface area contributed by atoms with Crippen LogP contribution in [0.5, 0.6) is 0 Å². The number of rotatable bonds is 5. The van der Waals surface area contributed by atoms with Crippen molar-refractivity contribution in [2.24, 2.45) is 0 Å². The lowest BCUT2D eigenvalue weighted by atomic mass is 9.81. The van der Waals surface area contributed by atoms with E-state index in [-0.39, 0.29) is 5.41 Å². The molecule has 0 amide bonds. The van der Waals surface area contributed by atoms with Crippen LogP contribution in [0.25, 0.3) is 99.6 Å². The second-order valence-corrected chi connectivity index (χ2v) is 15.8. The number of benzene rings is 9. The van der Waals surface area contributed by atoms with E-state index < -0.39 is 0 Å². The van der Waals surface area contributed by atoms with Crippen LogP contribution in [-0.4, -0.2) is 9.97 Å². The van der Waals surface area contributed by atoms with E-state index in [2.05, 4.69) is 190 Å². The molecule has 0 atom stereocenters. The molecule has 1 aliphatic carbocycles. The molecule has 57 heavy (non-hydrogen) atoms. The van der Waals surface area contributed by atoms with Gasteiger partial charge < -0.3 is 0 Å². The summed E-state index contributed by atoms with van der Waals surface area (Å²) >= 11 is 0. The molecule has 1 aliphatic rings. The van der Waals surface area contributed by atoms with Gasteiger partial charge in [-0.25, -0.2) is 9.97 Å². The van der Waals surface area contributed by atoms with E-state index in [0.717, 1.165) is 28.1 Å². The molecular weight excluding hydrogens is 689 g/mol. The zero-order chi connectivity index (χ0) is 38.1. The summed E-state index contributed by atoms with van der Waals surface area (Å²) in [6.45, 7) is 4.73. The summed E-state index contributed by atoms with van der Waals surface area (Å²) in [5.74, 6) is 0.710. The molecule has 0 fully saturated rings. The van der Waals surface area contributed by atoms with Gasteiger partial charge in [-0.05, 0) is 101 Å². The van der Waals surface area contributed by atoms with Crippen LogP contribution in [0.4, 0.5) is 0 Å². The van der Waals surface area contributed by atoms with Gasteiger partial charge in [0.05, 0.1) is 11.4 Å². The van der Waals surface area contributed by atoms with Crippen molar-refractivity contribution in [1.82, 2.24) is 9.97 Å². The van der Waals surface area contributed by atoms with Crippen LogP contribution in [-0.2, 0) is 5.41 Å². The number of hydrogen-bond donors (Lipinski definition) is 0. The van der Waals surface area contributed by atoms with E-state index in [1.165, 1.54) is 76.8 Å². The van der Waals surface area contributed by atoms with Gasteiger partial charge in [0.25, 0.3) is 0 Å². The first-order valence-electron chi connectivity index (χ1n) is 19.7. The molecule has 11 rings (SSSR count). The lowest BCUT2D eigenvalue weighted by molar-refractivity contribution is 0.661. The Labute approximate surface area is 332 Å². The molecule has 0 saturated carbocycles. The molecule has 0 radical (unpaired) electrons.